The highest BCUT2D eigenvalue weighted by atomic mass is 14.7. The minimum atomic E-state index is 0.622. The average molecular weight is 275 g/mol. The van der Waals surface area contributed by atoms with Crippen LogP contribution in [-0.4, -0.2) is 4.98 Å². The number of hydrogen-bond acceptors (Lipinski definition) is 1. The van der Waals surface area contributed by atoms with Gasteiger partial charge in [0.15, 0.2) is 0 Å². The van der Waals surface area contributed by atoms with Gasteiger partial charge in [-0.1, -0.05) is 55.8 Å². The van der Waals surface area contributed by atoms with Crippen molar-refractivity contribution < 1.29 is 0 Å². The highest BCUT2D eigenvalue weighted by molar-refractivity contribution is 5.83. The topological polar surface area (TPSA) is 12.9 Å². The van der Waals surface area contributed by atoms with E-state index in [0.29, 0.717) is 5.92 Å². The largest absolute Gasteiger partial charge is 0.248 e. The Labute approximate surface area is 126 Å². The highest BCUT2D eigenvalue weighted by Gasteiger charge is 2.10. The Hall–Kier alpha value is -2.15. The fraction of sp³-hybridized carbons (Fsp3) is 0.250. The zero-order chi connectivity index (χ0) is 14.8. The second-order valence-corrected chi connectivity index (χ2v) is 6.16. The SMILES string of the molecule is Cc1cccc(-c2nc3ccccc3cc2CC(C)C)c1. The molecule has 0 aliphatic rings. The third-order valence-corrected chi connectivity index (χ3v) is 3.72. The van der Waals surface area contributed by atoms with Gasteiger partial charge in [0, 0.05) is 10.9 Å². The lowest BCUT2D eigenvalue weighted by Gasteiger charge is -2.13. The van der Waals surface area contributed by atoms with Crippen LogP contribution in [0.1, 0.15) is 25.0 Å². The molecule has 0 unspecified atom stereocenters. The van der Waals surface area contributed by atoms with Gasteiger partial charge in [0.05, 0.1) is 11.2 Å². The third-order valence-electron chi connectivity index (χ3n) is 3.72. The van der Waals surface area contributed by atoms with Crippen molar-refractivity contribution in [2.24, 2.45) is 5.92 Å². The van der Waals surface area contributed by atoms with Crippen molar-refractivity contribution in [2.75, 3.05) is 0 Å². The van der Waals surface area contributed by atoms with E-state index in [0.717, 1.165) is 17.6 Å². The Morgan fingerprint density at radius 3 is 2.52 bits per heavy atom. The maximum atomic E-state index is 4.94. The predicted molar refractivity (Wildman–Crippen MR) is 90.5 cm³/mol. The molecule has 0 amide bonds. The van der Waals surface area contributed by atoms with Crippen LogP contribution in [0.15, 0.2) is 54.6 Å². The van der Waals surface area contributed by atoms with Gasteiger partial charge in [0.1, 0.15) is 0 Å². The lowest BCUT2D eigenvalue weighted by Crippen LogP contribution is -2.00. The van der Waals surface area contributed by atoms with E-state index in [1.54, 1.807) is 0 Å². The van der Waals surface area contributed by atoms with Gasteiger partial charge in [-0.05, 0) is 43.0 Å². The van der Waals surface area contributed by atoms with Crippen molar-refractivity contribution >= 4 is 10.9 Å². The van der Waals surface area contributed by atoms with E-state index in [1.165, 1.54) is 22.1 Å². The van der Waals surface area contributed by atoms with Crippen LogP contribution in [0, 0.1) is 12.8 Å². The zero-order valence-electron chi connectivity index (χ0n) is 12.9. The maximum absolute atomic E-state index is 4.94. The fourth-order valence-electron chi connectivity index (χ4n) is 2.80. The summed E-state index contributed by atoms with van der Waals surface area (Å²) in [4.78, 5) is 4.94. The first kappa shape index (κ1) is 13.8. The number of nitrogens with zero attached hydrogens (tertiary/aromatic N) is 1. The second-order valence-electron chi connectivity index (χ2n) is 6.16. The first-order chi connectivity index (χ1) is 10.1. The number of pyridine rings is 1. The molecule has 1 nitrogen and oxygen atoms in total. The summed E-state index contributed by atoms with van der Waals surface area (Å²) in [5, 5.41) is 1.23. The standard InChI is InChI=1S/C20H21N/c1-14(2)11-18-13-16-8-4-5-10-19(16)21-20(18)17-9-6-7-15(3)12-17/h4-10,12-14H,11H2,1-3H3. The van der Waals surface area contributed by atoms with Gasteiger partial charge in [0.2, 0.25) is 0 Å². The van der Waals surface area contributed by atoms with E-state index in [2.05, 4.69) is 75.4 Å². The van der Waals surface area contributed by atoms with Crippen LogP contribution in [-0.2, 0) is 6.42 Å². The van der Waals surface area contributed by atoms with E-state index in [9.17, 15) is 0 Å². The highest BCUT2D eigenvalue weighted by Crippen LogP contribution is 2.28. The number of hydrogen-bond donors (Lipinski definition) is 0. The molecule has 0 atom stereocenters. The summed E-state index contributed by atoms with van der Waals surface area (Å²) in [6.45, 7) is 6.65. The van der Waals surface area contributed by atoms with Gasteiger partial charge in [-0.2, -0.15) is 0 Å². The van der Waals surface area contributed by atoms with E-state index in [1.807, 2.05) is 0 Å². The molecule has 1 heteroatoms. The normalized spacial score (nSPS) is 11.2. The molecular formula is C20H21N. The Balaban J connectivity index is 2.22. The van der Waals surface area contributed by atoms with Crippen LogP contribution >= 0.6 is 0 Å². The maximum Gasteiger partial charge on any atom is 0.0741 e. The van der Waals surface area contributed by atoms with E-state index in [-0.39, 0.29) is 0 Å². The first-order valence-electron chi connectivity index (χ1n) is 7.59. The first-order valence-corrected chi connectivity index (χ1v) is 7.59. The van der Waals surface area contributed by atoms with Gasteiger partial charge >= 0.3 is 0 Å². The summed E-state index contributed by atoms with van der Waals surface area (Å²) in [5.41, 5.74) is 6.04. The van der Waals surface area contributed by atoms with Gasteiger partial charge in [-0.15, -0.1) is 0 Å². The summed E-state index contributed by atoms with van der Waals surface area (Å²) in [6.07, 6.45) is 1.06. The van der Waals surface area contributed by atoms with Gasteiger partial charge in [-0.3, -0.25) is 0 Å². The Bertz CT molecular complexity index is 772. The molecule has 0 bridgehead atoms. The predicted octanol–water partition coefficient (Wildman–Crippen LogP) is 5.41. The summed E-state index contributed by atoms with van der Waals surface area (Å²) in [7, 11) is 0. The molecule has 2 aromatic carbocycles. The van der Waals surface area contributed by atoms with Crippen LogP contribution in [0.25, 0.3) is 22.2 Å². The van der Waals surface area contributed by atoms with Gasteiger partial charge in [-0.25, -0.2) is 4.98 Å². The molecule has 0 saturated heterocycles. The molecule has 0 saturated carbocycles. The molecule has 0 spiro atoms. The molecule has 0 aliphatic carbocycles. The second kappa shape index (κ2) is 5.69. The van der Waals surface area contributed by atoms with Crippen molar-refractivity contribution in [1.29, 1.82) is 0 Å². The molecule has 21 heavy (non-hydrogen) atoms. The summed E-state index contributed by atoms with van der Waals surface area (Å²) in [5.74, 6) is 0.622. The number of aromatic nitrogens is 1. The molecule has 3 rings (SSSR count). The van der Waals surface area contributed by atoms with E-state index < -0.39 is 0 Å². The van der Waals surface area contributed by atoms with E-state index >= 15 is 0 Å². The van der Waals surface area contributed by atoms with Crippen LogP contribution in [0.5, 0.6) is 0 Å². The molecule has 0 N–H and O–H groups in total. The summed E-state index contributed by atoms with van der Waals surface area (Å²) >= 11 is 0. The average Bonchev–Trinajstić information content (AvgIpc) is 2.46. The minimum absolute atomic E-state index is 0.622. The summed E-state index contributed by atoms with van der Waals surface area (Å²) in [6, 6.07) is 19.3. The molecule has 3 aromatic rings. The summed E-state index contributed by atoms with van der Waals surface area (Å²) < 4.78 is 0. The quantitative estimate of drug-likeness (QED) is 0.623. The Kier molecular flexibility index (Phi) is 3.74. The van der Waals surface area contributed by atoms with Crippen LogP contribution in [0.2, 0.25) is 0 Å². The molecule has 106 valence electrons. The molecule has 0 radical (unpaired) electrons. The Morgan fingerprint density at radius 2 is 1.76 bits per heavy atom. The smallest absolute Gasteiger partial charge is 0.0741 e. The molecular weight excluding hydrogens is 254 g/mol. The third kappa shape index (κ3) is 2.97. The van der Waals surface area contributed by atoms with Crippen LogP contribution < -0.4 is 0 Å². The molecule has 1 aromatic heterocycles. The van der Waals surface area contributed by atoms with E-state index in [4.69, 9.17) is 4.98 Å². The van der Waals surface area contributed by atoms with Gasteiger partial charge < -0.3 is 0 Å². The van der Waals surface area contributed by atoms with Crippen molar-refractivity contribution in [3.05, 3.63) is 65.7 Å². The number of benzene rings is 2. The van der Waals surface area contributed by atoms with Crippen molar-refractivity contribution in [3.8, 4) is 11.3 Å². The number of fused-ring (bicyclic) bond motifs is 1. The van der Waals surface area contributed by atoms with Crippen LogP contribution in [0.3, 0.4) is 0 Å². The number of rotatable bonds is 3. The van der Waals surface area contributed by atoms with Gasteiger partial charge in [0.25, 0.3) is 0 Å². The van der Waals surface area contributed by atoms with Crippen molar-refractivity contribution in [1.82, 2.24) is 4.98 Å². The monoisotopic (exact) mass is 275 g/mol. The van der Waals surface area contributed by atoms with Crippen LogP contribution in [0.4, 0.5) is 0 Å². The number of aryl methyl sites for hydroxylation is 1. The molecule has 1 heterocycles. The zero-order valence-corrected chi connectivity index (χ0v) is 12.9. The Morgan fingerprint density at radius 1 is 0.952 bits per heavy atom. The lowest BCUT2D eigenvalue weighted by molar-refractivity contribution is 0.647. The molecule has 0 fully saturated rings. The van der Waals surface area contributed by atoms with Crippen molar-refractivity contribution in [3.63, 3.8) is 0 Å². The lowest BCUT2D eigenvalue weighted by atomic mass is 9.95. The fourth-order valence-corrected chi connectivity index (χ4v) is 2.80. The number of para-hydroxylation sites is 1. The minimum Gasteiger partial charge on any atom is -0.248 e. The molecule has 0 aliphatic heterocycles. The van der Waals surface area contributed by atoms with Crippen molar-refractivity contribution in [2.45, 2.75) is 27.2 Å².